The van der Waals surface area contributed by atoms with Crippen molar-refractivity contribution < 1.29 is 4.79 Å². The van der Waals surface area contributed by atoms with Crippen LogP contribution in [0.1, 0.15) is 19.4 Å². The number of benzene rings is 2. The van der Waals surface area contributed by atoms with Crippen molar-refractivity contribution >= 4 is 33.6 Å². The van der Waals surface area contributed by atoms with Gasteiger partial charge in [-0.25, -0.2) is 0 Å². The van der Waals surface area contributed by atoms with Gasteiger partial charge in [-0.2, -0.15) is 0 Å². The van der Waals surface area contributed by atoms with Gasteiger partial charge in [-0.1, -0.05) is 60.1 Å². The highest BCUT2D eigenvalue weighted by Crippen LogP contribution is 2.14. The molecule has 0 fully saturated rings. The van der Waals surface area contributed by atoms with Gasteiger partial charge in [0.05, 0.1) is 0 Å². The van der Waals surface area contributed by atoms with E-state index in [0.29, 0.717) is 0 Å². The molecule has 0 spiro atoms. The molecule has 0 aliphatic rings. The van der Waals surface area contributed by atoms with Crippen LogP contribution < -0.4 is 5.32 Å². The first-order valence-electron chi connectivity index (χ1n) is 6.54. The fraction of sp³-hybridized carbons (Fsp3) is 0.118. The van der Waals surface area contributed by atoms with Crippen LogP contribution >= 0.6 is 15.9 Å². The molecule has 3 heteroatoms. The molecule has 2 aromatic rings. The van der Waals surface area contributed by atoms with Crippen LogP contribution in [0.15, 0.2) is 65.1 Å². The van der Waals surface area contributed by atoms with Crippen LogP contribution in [-0.2, 0) is 4.79 Å². The quantitative estimate of drug-likeness (QED) is 0.776. The molecule has 2 aromatic carbocycles. The second-order valence-corrected chi connectivity index (χ2v) is 4.66. The lowest BCUT2D eigenvalue weighted by Crippen LogP contribution is -2.07. The summed E-state index contributed by atoms with van der Waals surface area (Å²) in [4.78, 5) is 11.7. The highest BCUT2D eigenvalue weighted by molar-refractivity contribution is 9.10. The summed E-state index contributed by atoms with van der Waals surface area (Å²) < 4.78 is 0.986. The maximum absolute atomic E-state index is 11.7. The minimum absolute atomic E-state index is 0.138. The van der Waals surface area contributed by atoms with Gasteiger partial charge in [0.15, 0.2) is 0 Å². The Kier molecular flexibility index (Phi) is 7.36. The SMILES string of the molecule is CC.O=C(/C=C/c1ccccc1)Nc1ccc(Br)cc1. The van der Waals surface area contributed by atoms with Crippen LogP contribution in [0.4, 0.5) is 5.69 Å². The summed E-state index contributed by atoms with van der Waals surface area (Å²) in [6.45, 7) is 4.00. The van der Waals surface area contributed by atoms with Gasteiger partial charge in [0, 0.05) is 16.2 Å². The van der Waals surface area contributed by atoms with Crippen LogP contribution in [0.3, 0.4) is 0 Å². The number of carbonyl (C=O) groups is 1. The summed E-state index contributed by atoms with van der Waals surface area (Å²) in [5.41, 5.74) is 1.78. The summed E-state index contributed by atoms with van der Waals surface area (Å²) in [6.07, 6.45) is 3.31. The molecule has 2 nitrogen and oxygen atoms in total. The van der Waals surface area contributed by atoms with Crippen molar-refractivity contribution in [2.24, 2.45) is 0 Å². The number of rotatable bonds is 3. The molecular weight excluding hydrogens is 314 g/mol. The van der Waals surface area contributed by atoms with Crippen molar-refractivity contribution in [2.75, 3.05) is 5.32 Å². The molecule has 0 heterocycles. The van der Waals surface area contributed by atoms with E-state index in [0.717, 1.165) is 15.7 Å². The zero-order chi connectivity index (χ0) is 14.8. The predicted molar refractivity (Wildman–Crippen MR) is 89.6 cm³/mol. The fourth-order valence-corrected chi connectivity index (χ4v) is 1.72. The van der Waals surface area contributed by atoms with E-state index >= 15 is 0 Å². The molecule has 1 N–H and O–H groups in total. The normalized spacial score (nSPS) is 9.75. The number of amides is 1. The Morgan fingerprint density at radius 1 is 1.00 bits per heavy atom. The van der Waals surface area contributed by atoms with Crippen molar-refractivity contribution in [1.82, 2.24) is 0 Å². The molecule has 0 bridgehead atoms. The van der Waals surface area contributed by atoms with Gasteiger partial charge in [0.2, 0.25) is 5.91 Å². The molecule has 0 saturated carbocycles. The van der Waals surface area contributed by atoms with Gasteiger partial charge >= 0.3 is 0 Å². The maximum atomic E-state index is 11.7. The smallest absolute Gasteiger partial charge is 0.248 e. The van der Waals surface area contributed by atoms with Crippen molar-refractivity contribution in [2.45, 2.75) is 13.8 Å². The Balaban J connectivity index is 0.000000956. The molecule has 0 radical (unpaired) electrons. The van der Waals surface area contributed by atoms with Crippen LogP contribution in [0, 0.1) is 0 Å². The van der Waals surface area contributed by atoms with Crippen molar-refractivity contribution in [3.63, 3.8) is 0 Å². The fourth-order valence-electron chi connectivity index (χ4n) is 1.45. The largest absolute Gasteiger partial charge is 0.323 e. The number of carbonyl (C=O) groups excluding carboxylic acids is 1. The number of hydrogen-bond donors (Lipinski definition) is 1. The number of nitrogens with one attached hydrogen (secondary N) is 1. The van der Waals surface area contributed by atoms with E-state index < -0.39 is 0 Å². The van der Waals surface area contributed by atoms with Crippen LogP contribution in [0.25, 0.3) is 6.08 Å². The van der Waals surface area contributed by atoms with Crippen molar-refractivity contribution in [3.05, 3.63) is 70.7 Å². The third-order valence-corrected chi connectivity index (χ3v) is 2.87. The Hall–Kier alpha value is -1.87. The van der Waals surface area contributed by atoms with E-state index in [1.807, 2.05) is 68.4 Å². The van der Waals surface area contributed by atoms with Gasteiger partial charge in [-0.15, -0.1) is 0 Å². The number of halogens is 1. The molecule has 20 heavy (non-hydrogen) atoms. The Bertz CT molecular complexity index is 547. The molecule has 0 aliphatic heterocycles. The predicted octanol–water partition coefficient (Wildman–Crippen LogP) is 5.13. The lowest BCUT2D eigenvalue weighted by molar-refractivity contribution is -0.111. The monoisotopic (exact) mass is 331 g/mol. The highest BCUT2D eigenvalue weighted by Gasteiger charge is 1.97. The average molecular weight is 332 g/mol. The molecule has 0 unspecified atom stereocenters. The third kappa shape index (κ3) is 5.85. The number of anilines is 1. The molecule has 0 aliphatic carbocycles. The van der Waals surface area contributed by atoms with E-state index in [9.17, 15) is 4.79 Å². The first-order chi connectivity index (χ1) is 9.74. The second-order valence-electron chi connectivity index (χ2n) is 3.74. The van der Waals surface area contributed by atoms with Gasteiger partial charge in [0.25, 0.3) is 0 Å². The van der Waals surface area contributed by atoms with Crippen LogP contribution in [0.2, 0.25) is 0 Å². The molecule has 0 aromatic heterocycles. The van der Waals surface area contributed by atoms with Gasteiger partial charge in [0.1, 0.15) is 0 Å². The summed E-state index contributed by atoms with van der Waals surface area (Å²) in [5, 5.41) is 2.79. The van der Waals surface area contributed by atoms with Gasteiger partial charge in [-0.05, 0) is 35.9 Å². The van der Waals surface area contributed by atoms with Gasteiger partial charge in [-0.3, -0.25) is 4.79 Å². The summed E-state index contributed by atoms with van der Waals surface area (Å²) >= 11 is 3.35. The standard InChI is InChI=1S/C15H12BrNO.C2H6/c16-13-7-9-14(10-8-13)17-15(18)11-6-12-4-2-1-3-5-12;1-2/h1-11H,(H,17,18);1-2H3/b11-6+;. The highest BCUT2D eigenvalue weighted by atomic mass is 79.9. The Labute approximate surface area is 128 Å². The summed E-state index contributed by atoms with van der Waals surface area (Å²) in [7, 11) is 0. The van der Waals surface area contributed by atoms with E-state index in [2.05, 4.69) is 21.2 Å². The van der Waals surface area contributed by atoms with E-state index in [-0.39, 0.29) is 5.91 Å². The van der Waals surface area contributed by atoms with Gasteiger partial charge < -0.3 is 5.32 Å². The molecule has 1 amide bonds. The topological polar surface area (TPSA) is 29.1 Å². The van der Waals surface area contributed by atoms with Crippen LogP contribution in [0.5, 0.6) is 0 Å². The number of hydrogen-bond acceptors (Lipinski definition) is 1. The van der Waals surface area contributed by atoms with Crippen molar-refractivity contribution in [1.29, 1.82) is 0 Å². The zero-order valence-electron chi connectivity index (χ0n) is 11.6. The minimum Gasteiger partial charge on any atom is -0.323 e. The lowest BCUT2D eigenvalue weighted by atomic mass is 10.2. The van der Waals surface area contributed by atoms with Crippen molar-refractivity contribution in [3.8, 4) is 0 Å². The Morgan fingerprint density at radius 3 is 2.20 bits per heavy atom. The Morgan fingerprint density at radius 2 is 1.60 bits per heavy atom. The average Bonchev–Trinajstić information content (AvgIpc) is 2.51. The molecule has 0 atom stereocenters. The minimum atomic E-state index is -0.138. The first-order valence-corrected chi connectivity index (χ1v) is 7.33. The van der Waals surface area contributed by atoms with E-state index in [1.54, 1.807) is 6.08 Å². The molecule has 104 valence electrons. The van der Waals surface area contributed by atoms with E-state index in [1.165, 1.54) is 6.08 Å². The molecular formula is C17H18BrNO. The maximum Gasteiger partial charge on any atom is 0.248 e. The first kappa shape index (κ1) is 16.2. The van der Waals surface area contributed by atoms with Crippen LogP contribution in [-0.4, -0.2) is 5.91 Å². The zero-order valence-corrected chi connectivity index (χ0v) is 13.2. The molecule has 0 saturated heterocycles. The van der Waals surface area contributed by atoms with E-state index in [4.69, 9.17) is 0 Å². The third-order valence-electron chi connectivity index (χ3n) is 2.34. The molecule has 2 rings (SSSR count). The summed E-state index contributed by atoms with van der Waals surface area (Å²) in [6, 6.07) is 17.2. The lowest BCUT2D eigenvalue weighted by Gasteiger charge is -2.01. The second kappa shape index (κ2) is 9.10. The summed E-state index contributed by atoms with van der Waals surface area (Å²) in [5.74, 6) is -0.138.